The van der Waals surface area contributed by atoms with Gasteiger partial charge in [0.1, 0.15) is 0 Å². The van der Waals surface area contributed by atoms with Gasteiger partial charge in [-0.1, -0.05) is 32.9 Å². The fourth-order valence-electron chi connectivity index (χ4n) is 2.62. The first-order valence-electron chi connectivity index (χ1n) is 5.99. The van der Waals surface area contributed by atoms with Crippen molar-refractivity contribution in [3.8, 4) is 0 Å². The Morgan fingerprint density at radius 2 is 1.88 bits per heavy atom. The minimum Gasteiger partial charge on any atom is -0.137 e. The molecule has 0 radical (unpaired) electrons. The molecule has 0 saturated heterocycles. The number of rotatable bonds is 3. The highest BCUT2D eigenvalue weighted by atomic mass is 32.2. The molecule has 0 unspecified atom stereocenters. The second-order valence-electron chi connectivity index (χ2n) is 6.08. The Morgan fingerprint density at radius 3 is 2.19 bits per heavy atom. The van der Waals surface area contributed by atoms with E-state index in [0.29, 0.717) is 5.41 Å². The van der Waals surface area contributed by atoms with Gasteiger partial charge in [-0.2, -0.15) is 0 Å². The Kier molecular flexibility index (Phi) is 4.22. The molecule has 0 aromatic carbocycles. The third-order valence-corrected chi connectivity index (χ3v) is 5.19. The molecule has 0 heterocycles. The molecule has 0 amide bonds. The van der Waals surface area contributed by atoms with Gasteiger partial charge in [-0.25, -0.2) is 0 Å². The van der Waals surface area contributed by atoms with Crippen LogP contribution in [-0.2, 0) is 0 Å². The summed E-state index contributed by atoms with van der Waals surface area (Å²) in [6.45, 7) is 13.0. The van der Waals surface area contributed by atoms with Crippen LogP contribution in [0, 0.1) is 16.2 Å². The van der Waals surface area contributed by atoms with Crippen LogP contribution < -0.4 is 0 Å². The monoisotopic (exact) mass is 241 g/mol. The van der Waals surface area contributed by atoms with E-state index in [4.69, 9.17) is 0 Å². The zero-order valence-corrected chi connectivity index (χ0v) is 11.7. The predicted molar refractivity (Wildman–Crippen MR) is 72.3 cm³/mol. The summed E-state index contributed by atoms with van der Waals surface area (Å²) in [6, 6.07) is 0. The van der Waals surface area contributed by atoms with E-state index in [0.717, 1.165) is 24.3 Å². The summed E-state index contributed by atoms with van der Waals surface area (Å²) in [5, 5.41) is 0. The van der Waals surface area contributed by atoms with E-state index in [9.17, 15) is 4.91 Å². The lowest BCUT2D eigenvalue weighted by atomic mass is 9.68. The van der Waals surface area contributed by atoms with E-state index in [2.05, 4.69) is 31.9 Å². The molecule has 16 heavy (non-hydrogen) atoms. The van der Waals surface area contributed by atoms with E-state index >= 15 is 0 Å². The minimum atomic E-state index is -0.0799. The van der Waals surface area contributed by atoms with Crippen LogP contribution in [0.1, 0.15) is 53.4 Å². The normalized spacial score (nSPS) is 31.1. The van der Waals surface area contributed by atoms with Crippen molar-refractivity contribution in [2.45, 2.75) is 58.1 Å². The van der Waals surface area contributed by atoms with Gasteiger partial charge >= 0.3 is 0 Å². The van der Waals surface area contributed by atoms with Crippen molar-refractivity contribution in [3.05, 3.63) is 17.1 Å². The van der Waals surface area contributed by atoms with Crippen molar-refractivity contribution in [2.24, 2.45) is 15.9 Å². The summed E-state index contributed by atoms with van der Waals surface area (Å²) in [7, 11) is 0. The average Bonchev–Trinajstić information content (AvgIpc) is 2.17. The van der Waals surface area contributed by atoms with Crippen LogP contribution in [0.25, 0.3) is 0 Å². The van der Waals surface area contributed by atoms with Crippen LogP contribution in [-0.4, -0.2) is 4.75 Å². The highest BCUT2D eigenvalue weighted by Crippen LogP contribution is 2.50. The predicted octanol–water partition coefficient (Wildman–Crippen LogP) is 4.95. The Labute approximate surface area is 103 Å². The third kappa shape index (κ3) is 2.88. The molecular formula is C13H23NOS. The lowest BCUT2D eigenvalue weighted by Crippen LogP contribution is -2.35. The van der Waals surface area contributed by atoms with E-state index in [1.54, 1.807) is 0 Å². The van der Waals surface area contributed by atoms with Gasteiger partial charge in [-0.15, -0.1) is 4.91 Å². The standard InChI is InChI=1S/C13H23NOS/c1-10(2)13(16-14-15)8-6-11(7-9-13)12(3,4)5/h11H,1,6-9H2,2-5H3. The Hall–Kier alpha value is -0.310. The van der Waals surface area contributed by atoms with Gasteiger partial charge < -0.3 is 0 Å². The topological polar surface area (TPSA) is 29.4 Å². The van der Waals surface area contributed by atoms with Crippen LogP contribution in [0.5, 0.6) is 0 Å². The van der Waals surface area contributed by atoms with Crippen LogP contribution >= 0.6 is 11.9 Å². The quantitative estimate of drug-likeness (QED) is 0.397. The molecule has 0 spiro atoms. The number of nitrogens with zero attached hydrogens (tertiary/aromatic N) is 1. The van der Waals surface area contributed by atoms with Crippen molar-refractivity contribution >= 4 is 11.9 Å². The Morgan fingerprint density at radius 1 is 1.38 bits per heavy atom. The maximum Gasteiger partial charge on any atom is 0.0615 e. The van der Waals surface area contributed by atoms with Crippen molar-refractivity contribution in [1.82, 2.24) is 0 Å². The lowest BCUT2D eigenvalue weighted by Gasteiger charge is -2.42. The molecule has 92 valence electrons. The molecule has 0 aromatic rings. The number of nitroso groups, excluding NO2 is 1. The summed E-state index contributed by atoms with van der Waals surface area (Å²) in [5.41, 5.74) is 1.48. The van der Waals surface area contributed by atoms with Gasteiger partial charge in [-0.05, 0) is 43.9 Å². The van der Waals surface area contributed by atoms with Crippen LogP contribution in [0.3, 0.4) is 0 Å². The van der Waals surface area contributed by atoms with Gasteiger partial charge in [0.05, 0.1) is 4.75 Å². The molecule has 1 aliphatic carbocycles. The van der Waals surface area contributed by atoms with Crippen molar-refractivity contribution < 1.29 is 0 Å². The van der Waals surface area contributed by atoms with E-state index in [1.165, 1.54) is 24.8 Å². The first-order chi connectivity index (χ1) is 7.32. The van der Waals surface area contributed by atoms with Gasteiger partial charge in [0.15, 0.2) is 0 Å². The molecule has 0 bridgehead atoms. The van der Waals surface area contributed by atoms with Crippen LogP contribution in [0.4, 0.5) is 0 Å². The lowest BCUT2D eigenvalue weighted by molar-refractivity contribution is 0.168. The second kappa shape index (κ2) is 4.91. The summed E-state index contributed by atoms with van der Waals surface area (Å²) in [4.78, 5) is 10.5. The molecule has 3 heteroatoms. The van der Waals surface area contributed by atoms with Crippen LogP contribution in [0.15, 0.2) is 16.7 Å². The molecule has 0 N–H and O–H groups in total. The summed E-state index contributed by atoms with van der Waals surface area (Å²) < 4.78 is 2.97. The smallest absolute Gasteiger partial charge is 0.0615 e. The molecule has 2 nitrogen and oxygen atoms in total. The number of hydrogen-bond acceptors (Lipinski definition) is 3. The largest absolute Gasteiger partial charge is 0.137 e. The SMILES string of the molecule is C=C(C)C1(SN=O)CCC(C(C)(C)C)CC1. The molecule has 1 fully saturated rings. The zero-order chi connectivity index (χ0) is 12.4. The molecule has 1 rings (SSSR count). The molecule has 0 aromatic heterocycles. The maximum atomic E-state index is 10.5. The first-order valence-corrected chi connectivity index (χ1v) is 6.76. The highest BCUT2D eigenvalue weighted by molar-refractivity contribution is 7.99. The fourth-order valence-corrected chi connectivity index (χ4v) is 3.33. The Balaban J connectivity index is 2.70. The highest BCUT2D eigenvalue weighted by Gasteiger charge is 2.40. The minimum absolute atomic E-state index is 0.0799. The van der Waals surface area contributed by atoms with E-state index < -0.39 is 0 Å². The second-order valence-corrected chi connectivity index (χ2v) is 7.19. The maximum absolute atomic E-state index is 10.5. The van der Waals surface area contributed by atoms with Crippen molar-refractivity contribution in [1.29, 1.82) is 0 Å². The number of hydrogen-bond donors (Lipinski definition) is 0. The molecule has 1 saturated carbocycles. The summed E-state index contributed by atoms with van der Waals surface area (Å²) in [6.07, 6.45) is 4.44. The first kappa shape index (κ1) is 13.8. The van der Waals surface area contributed by atoms with Crippen molar-refractivity contribution in [3.63, 3.8) is 0 Å². The fraction of sp³-hybridized carbons (Fsp3) is 0.846. The van der Waals surface area contributed by atoms with Crippen molar-refractivity contribution in [2.75, 3.05) is 0 Å². The average molecular weight is 241 g/mol. The Bertz CT molecular complexity index is 272. The van der Waals surface area contributed by atoms with Gasteiger partial charge in [0, 0.05) is 16.5 Å². The van der Waals surface area contributed by atoms with E-state index in [1.807, 2.05) is 6.92 Å². The summed E-state index contributed by atoms with van der Waals surface area (Å²) >= 11 is 1.19. The molecule has 1 aliphatic rings. The molecule has 0 aliphatic heterocycles. The van der Waals surface area contributed by atoms with Gasteiger partial charge in [-0.3, -0.25) is 0 Å². The summed E-state index contributed by atoms with van der Waals surface area (Å²) in [5.74, 6) is 0.757. The zero-order valence-electron chi connectivity index (χ0n) is 10.9. The van der Waals surface area contributed by atoms with Gasteiger partial charge in [0.25, 0.3) is 0 Å². The van der Waals surface area contributed by atoms with E-state index in [-0.39, 0.29) is 4.75 Å². The third-order valence-electron chi connectivity index (χ3n) is 4.01. The van der Waals surface area contributed by atoms with Gasteiger partial charge in [0.2, 0.25) is 0 Å². The molecule has 0 atom stereocenters. The van der Waals surface area contributed by atoms with Crippen LogP contribution in [0.2, 0.25) is 0 Å². The molecular weight excluding hydrogens is 218 g/mol.